The lowest BCUT2D eigenvalue weighted by molar-refractivity contribution is 0.299. The SMILES string of the molecule is Cc1ccc(OCc2ccncc2Cl)c(CNC(C)C)n1. The molecule has 4 nitrogen and oxygen atoms in total. The summed E-state index contributed by atoms with van der Waals surface area (Å²) in [5.74, 6) is 0.779. The lowest BCUT2D eigenvalue weighted by Gasteiger charge is -2.14. The Kier molecular flexibility index (Phi) is 5.53. The Morgan fingerprint density at radius 3 is 2.81 bits per heavy atom. The van der Waals surface area contributed by atoms with Crippen molar-refractivity contribution in [1.29, 1.82) is 0 Å². The van der Waals surface area contributed by atoms with Crippen molar-refractivity contribution in [1.82, 2.24) is 15.3 Å². The van der Waals surface area contributed by atoms with Gasteiger partial charge in [-0.1, -0.05) is 25.4 Å². The second-order valence-corrected chi connectivity index (χ2v) is 5.60. The topological polar surface area (TPSA) is 47.0 Å². The fourth-order valence-corrected chi connectivity index (χ4v) is 2.01. The van der Waals surface area contributed by atoms with Gasteiger partial charge in [-0.15, -0.1) is 0 Å². The van der Waals surface area contributed by atoms with Crippen molar-refractivity contribution in [3.63, 3.8) is 0 Å². The van der Waals surface area contributed by atoms with Crippen molar-refractivity contribution in [2.45, 2.75) is 40.0 Å². The lowest BCUT2D eigenvalue weighted by Crippen LogP contribution is -2.23. The van der Waals surface area contributed by atoms with E-state index < -0.39 is 0 Å². The molecule has 0 atom stereocenters. The monoisotopic (exact) mass is 305 g/mol. The van der Waals surface area contributed by atoms with E-state index in [1.54, 1.807) is 12.4 Å². The highest BCUT2D eigenvalue weighted by atomic mass is 35.5. The van der Waals surface area contributed by atoms with E-state index in [0.29, 0.717) is 24.2 Å². The van der Waals surface area contributed by atoms with Crippen molar-refractivity contribution >= 4 is 11.6 Å². The molecule has 0 aliphatic rings. The molecule has 0 unspecified atom stereocenters. The van der Waals surface area contributed by atoms with Crippen LogP contribution in [0.25, 0.3) is 0 Å². The average Bonchev–Trinajstić information content (AvgIpc) is 2.45. The molecule has 0 saturated carbocycles. The van der Waals surface area contributed by atoms with Crippen LogP contribution in [-0.4, -0.2) is 16.0 Å². The number of pyridine rings is 2. The van der Waals surface area contributed by atoms with Crippen LogP contribution in [0.1, 0.15) is 30.8 Å². The summed E-state index contributed by atoms with van der Waals surface area (Å²) >= 11 is 6.09. The van der Waals surface area contributed by atoms with Gasteiger partial charge in [0.25, 0.3) is 0 Å². The van der Waals surface area contributed by atoms with Gasteiger partial charge in [0.15, 0.2) is 0 Å². The quantitative estimate of drug-likeness (QED) is 0.887. The van der Waals surface area contributed by atoms with E-state index in [1.807, 2.05) is 25.1 Å². The number of halogens is 1. The molecule has 0 radical (unpaired) electrons. The third-order valence-electron chi connectivity index (χ3n) is 2.99. The molecule has 2 rings (SSSR count). The van der Waals surface area contributed by atoms with Crippen LogP contribution >= 0.6 is 11.6 Å². The summed E-state index contributed by atoms with van der Waals surface area (Å²) in [6, 6.07) is 6.16. The lowest BCUT2D eigenvalue weighted by atomic mass is 10.2. The largest absolute Gasteiger partial charge is 0.487 e. The Balaban J connectivity index is 2.10. The second-order valence-electron chi connectivity index (χ2n) is 5.19. The van der Waals surface area contributed by atoms with E-state index in [-0.39, 0.29) is 0 Å². The van der Waals surface area contributed by atoms with Gasteiger partial charge in [-0.3, -0.25) is 9.97 Å². The number of nitrogens with zero attached hydrogens (tertiary/aromatic N) is 2. The standard InChI is InChI=1S/C16H20ClN3O/c1-11(2)19-9-15-16(5-4-12(3)20-15)21-10-13-6-7-18-8-14(13)17/h4-8,11,19H,9-10H2,1-3H3. The first-order valence-corrected chi connectivity index (χ1v) is 7.35. The third-order valence-corrected chi connectivity index (χ3v) is 3.33. The van der Waals surface area contributed by atoms with Crippen LogP contribution in [0.2, 0.25) is 5.02 Å². The molecule has 0 bridgehead atoms. The summed E-state index contributed by atoms with van der Waals surface area (Å²) in [4.78, 5) is 8.52. The molecule has 0 aromatic carbocycles. The normalized spacial score (nSPS) is 10.9. The summed E-state index contributed by atoms with van der Waals surface area (Å²) in [7, 11) is 0. The van der Waals surface area contributed by atoms with Gasteiger partial charge in [0.2, 0.25) is 0 Å². The molecule has 2 aromatic heterocycles. The summed E-state index contributed by atoms with van der Waals surface area (Å²) in [6.07, 6.45) is 3.33. The molecular weight excluding hydrogens is 286 g/mol. The maximum atomic E-state index is 6.09. The number of nitrogens with one attached hydrogen (secondary N) is 1. The molecule has 112 valence electrons. The minimum absolute atomic E-state index is 0.398. The number of hydrogen-bond acceptors (Lipinski definition) is 4. The Hall–Kier alpha value is -1.65. The van der Waals surface area contributed by atoms with E-state index in [9.17, 15) is 0 Å². The molecule has 1 N–H and O–H groups in total. The molecule has 0 spiro atoms. The van der Waals surface area contributed by atoms with E-state index in [4.69, 9.17) is 16.3 Å². The summed E-state index contributed by atoms with van der Waals surface area (Å²) in [5.41, 5.74) is 2.80. The van der Waals surface area contributed by atoms with Crippen LogP contribution < -0.4 is 10.1 Å². The van der Waals surface area contributed by atoms with Crippen molar-refractivity contribution in [3.8, 4) is 5.75 Å². The zero-order valence-electron chi connectivity index (χ0n) is 12.6. The fourth-order valence-electron chi connectivity index (χ4n) is 1.83. The van der Waals surface area contributed by atoms with E-state index >= 15 is 0 Å². The van der Waals surface area contributed by atoms with Gasteiger partial charge in [-0.2, -0.15) is 0 Å². The molecule has 0 amide bonds. The van der Waals surface area contributed by atoms with Crippen LogP contribution in [0.15, 0.2) is 30.6 Å². The Morgan fingerprint density at radius 1 is 1.29 bits per heavy atom. The predicted molar refractivity (Wildman–Crippen MR) is 84.5 cm³/mol. The van der Waals surface area contributed by atoms with Gasteiger partial charge in [0, 0.05) is 36.2 Å². The van der Waals surface area contributed by atoms with E-state index in [1.165, 1.54) is 0 Å². The average molecular weight is 306 g/mol. The maximum Gasteiger partial charge on any atom is 0.142 e. The molecule has 5 heteroatoms. The van der Waals surface area contributed by atoms with E-state index in [0.717, 1.165) is 22.7 Å². The molecule has 2 heterocycles. The first-order chi connectivity index (χ1) is 10.1. The maximum absolute atomic E-state index is 6.09. The second kappa shape index (κ2) is 7.38. The van der Waals surface area contributed by atoms with Crippen LogP contribution in [0, 0.1) is 6.92 Å². The highest BCUT2D eigenvalue weighted by Gasteiger charge is 2.08. The predicted octanol–water partition coefficient (Wildman–Crippen LogP) is 3.52. The molecule has 0 aliphatic heterocycles. The van der Waals surface area contributed by atoms with Gasteiger partial charge in [0.1, 0.15) is 12.4 Å². The minimum Gasteiger partial charge on any atom is -0.487 e. The number of aryl methyl sites for hydroxylation is 1. The first-order valence-electron chi connectivity index (χ1n) is 6.97. The molecule has 0 aliphatic carbocycles. The fraction of sp³-hybridized carbons (Fsp3) is 0.375. The Labute approximate surface area is 130 Å². The minimum atomic E-state index is 0.398. The molecular formula is C16H20ClN3O. The zero-order chi connectivity index (χ0) is 15.2. The number of rotatable bonds is 6. The van der Waals surface area contributed by atoms with Crippen molar-refractivity contribution in [2.24, 2.45) is 0 Å². The molecule has 0 saturated heterocycles. The van der Waals surface area contributed by atoms with Crippen LogP contribution in [0.4, 0.5) is 0 Å². The summed E-state index contributed by atoms with van der Waals surface area (Å²) in [6.45, 7) is 7.27. The van der Waals surface area contributed by atoms with Crippen molar-refractivity contribution in [2.75, 3.05) is 0 Å². The third kappa shape index (κ3) is 4.69. The number of hydrogen-bond donors (Lipinski definition) is 1. The van der Waals surface area contributed by atoms with Crippen LogP contribution in [0.5, 0.6) is 5.75 Å². The van der Waals surface area contributed by atoms with Gasteiger partial charge in [-0.05, 0) is 25.1 Å². The van der Waals surface area contributed by atoms with Gasteiger partial charge in [-0.25, -0.2) is 0 Å². The molecule has 21 heavy (non-hydrogen) atoms. The van der Waals surface area contributed by atoms with Gasteiger partial charge >= 0.3 is 0 Å². The smallest absolute Gasteiger partial charge is 0.142 e. The highest BCUT2D eigenvalue weighted by Crippen LogP contribution is 2.21. The number of ether oxygens (including phenoxy) is 1. The molecule has 0 fully saturated rings. The van der Waals surface area contributed by atoms with Gasteiger partial charge in [0.05, 0.1) is 10.7 Å². The number of aromatic nitrogens is 2. The Morgan fingerprint density at radius 2 is 2.10 bits per heavy atom. The van der Waals surface area contributed by atoms with Crippen molar-refractivity contribution in [3.05, 3.63) is 52.6 Å². The van der Waals surface area contributed by atoms with Crippen molar-refractivity contribution < 1.29 is 4.74 Å². The zero-order valence-corrected chi connectivity index (χ0v) is 13.3. The van der Waals surface area contributed by atoms with Crippen LogP contribution in [-0.2, 0) is 13.2 Å². The first kappa shape index (κ1) is 15.7. The summed E-state index contributed by atoms with van der Waals surface area (Å²) < 4.78 is 5.88. The summed E-state index contributed by atoms with van der Waals surface area (Å²) in [5, 5.41) is 3.97. The molecule has 2 aromatic rings. The Bertz CT molecular complexity index is 602. The van der Waals surface area contributed by atoms with Gasteiger partial charge < -0.3 is 10.1 Å². The van der Waals surface area contributed by atoms with E-state index in [2.05, 4.69) is 29.1 Å². The van der Waals surface area contributed by atoms with Crippen LogP contribution in [0.3, 0.4) is 0 Å². The highest BCUT2D eigenvalue weighted by molar-refractivity contribution is 6.31.